The summed E-state index contributed by atoms with van der Waals surface area (Å²) >= 11 is 0. The second-order valence-corrected chi connectivity index (χ2v) is 9.27. The molecule has 1 unspecified atom stereocenters. The number of hydrogen-bond donors (Lipinski definition) is 0. The van der Waals surface area contributed by atoms with E-state index in [1.165, 1.54) is 65.3 Å². The highest BCUT2D eigenvalue weighted by Gasteiger charge is 2.22. The van der Waals surface area contributed by atoms with Gasteiger partial charge in [0.1, 0.15) is 0 Å². The second kappa shape index (κ2) is 10.3. The lowest BCUT2D eigenvalue weighted by Crippen LogP contribution is -2.05. The molecule has 0 aliphatic heterocycles. The minimum atomic E-state index is 0.391. The lowest BCUT2D eigenvalue weighted by molar-refractivity contribution is 0.606. The molecule has 0 spiro atoms. The third kappa shape index (κ3) is 3.76. The zero-order valence-corrected chi connectivity index (χ0v) is 22.8. The van der Waals surface area contributed by atoms with Crippen LogP contribution in [-0.2, 0) is 0 Å². The largest absolute Gasteiger partial charge is 0.333 e. The van der Waals surface area contributed by atoms with Crippen LogP contribution in [0.5, 0.6) is 0 Å². The van der Waals surface area contributed by atoms with E-state index in [0.29, 0.717) is 6.04 Å². The van der Waals surface area contributed by atoms with Crippen molar-refractivity contribution < 1.29 is 0 Å². The molecule has 0 bridgehead atoms. The lowest BCUT2D eigenvalue weighted by Gasteiger charge is -2.16. The van der Waals surface area contributed by atoms with Crippen molar-refractivity contribution in [3.05, 3.63) is 96.7 Å². The van der Waals surface area contributed by atoms with E-state index in [-0.39, 0.29) is 0 Å². The van der Waals surface area contributed by atoms with Gasteiger partial charge < -0.3 is 4.57 Å². The Bertz CT molecular complexity index is 1780. The molecule has 0 fully saturated rings. The van der Waals surface area contributed by atoms with E-state index in [9.17, 15) is 0 Å². The van der Waals surface area contributed by atoms with Gasteiger partial charge in [-0.3, -0.25) is 0 Å². The van der Waals surface area contributed by atoms with Gasteiger partial charge in [0.05, 0.1) is 11.6 Å². The zero-order valence-electron chi connectivity index (χ0n) is 22.8. The predicted molar refractivity (Wildman–Crippen MR) is 168 cm³/mol. The fourth-order valence-corrected chi connectivity index (χ4v) is 6.13. The summed E-state index contributed by atoms with van der Waals surface area (Å²) in [6.07, 6.45) is 13.4. The van der Waals surface area contributed by atoms with Gasteiger partial charge in [0, 0.05) is 16.6 Å². The fraction of sp³-hybridized carbons (Fsp3) is 0.222. The number of hydrogen-bond acceptors (Lipinski definition) is 0. The van der Waals surface area contributed by atoms with Crippen LogP contribution in [0.25, 0.3) is 66.1 Å². The van der Waals surface area contributed by atoms with Gasteiger partial charge in [0.2, 0.25) is 0 Å². The molecule has 6 aromatic rings. The van der Waals surface area contributed by atoms with Gasteiger partial charge in [-0.1, -0.05) is 101 Å². The third-order valence-corrected chi connectivity index (χ3v) is 7.51. The first-order valence-electron chi connectivity index (χ1n) is 13.9. The standard InChI is InChI=1S/C32H25N.2C2H6/c1-3-8-25-28-19-27-23(18-30(28)33(29(25)4-2)24-11-5-6-12-24)17-22-14-13-20-9-7-10-21-15-16-26(27)32(22)31(20)21;2*1-2/h3-5,7-11,13-19,24H,2,6,12H2,1H3;2*1-2H3/b8-3-;;. The van der Waals surface area contributed by atoms with Crippen LogP contribution in [0.3, 0.4) is 0 Å². The summed E-state index contributed by atoms with van der Waals surface area (Å²) in [6, 6.07) is 23.4. The van der Waals surface area contributed by atoms with E-state index < -0.39 is 0 Å². The van der Waals surface area contributed by atoms with Gasteiger partial charge in [0.25, 0.3) is 0 Å². The molecule has 0 radical (unpaired) electrons. The Morgan fingerprint density at radius 3 is 2.19 bits per heavy atom. The van der Waals surface area contributed by atoms with Gasteiger partial charge in [-0.15, -0.1) is 0 Å². The Morgan fingerprint density at radius 1 is 0.784 bits per heavy atom. The molecular weight excluding hydrogens is 446 g/mol. The van der Waals surface area contributed by atoms with E-state index in [0.717, 1.165) is 12.8 Å². The van der Waals surface area contributed by atoms with Gasteiger partial charge in [-0.25, -0.2) is 0 Å². The summed E-state index contributed by atoms with van der Waals surface area (Å²) in [5.74, 6) is 0. The van der Waals surface area contributed by atoms with Crippen molar-refractivity contribution in [3.8, 4) is 0 Å². The summed E-state index contributed by atoms with van der Waals surface area (Å²) in [5.41, 5.74) is 3.79. The molecule has 1 aliphatic carbocycles. The van der Waals surface area contributed by atoms with Crippen molar-refractivity contribution in [2.24, 2.45) is 0 Å². The molecule has 0 amide bonds. The second-order valence-electron chi connectivity index (χ2n) is 9.27. The Morgan fingerprint density at radius 2 is 1.51 bits per heavy atom. The van der Waals surface area contributed by atoms with Crippen LogP contribution >= 0.6 is 0 Å². The Kier molecular flexibility index (Phi) is 6.89. The minimum Gasteiger partial charge on any atom is -0.333 e. The first kappa shape index (κ1) is 24.8. The van der Waals surface area contributed by atoms with E-state index in [4.69, 9.17) is 0 Å². The maximum Gasteiger partial charge on any atom is 0.0525 e. The molecular formula is C36H37N. The molecule has 1 heterocycles. The molecule has 0 saturated heterocycles. The van der Waals surface area contributed by atoms with Crippen LogP contribution in [0.4, 0.5) is 0 Å². The quantitative estimate of drug-likeness (QED) is 0.134. The molecule has 1 aliphatic rings. The van der Waals surface area contributed by atoms with Crippen LogP contribution in [0.15, 0.2) is 85.5 Å². The summed E-state index contributed by atoms with van der Waals surface area (Å²) in [6.45, 7) is 14.3. The normalized spacial score (nSPS) is 15.1. The van der Waals surface area contributed by atoms with Gasteiger partial charge >= 0.3 is 0 Å². The number of aromatic nitrogens is 1. The average molecular weight is 484 g/mol. The number of nitrogens with zero attached hydrogens (tertiary/aromatic N) is 1. The van der Waals surface area contributed by atoms with Crippen molar-refractivity contribution in [1.82, 2.24) is 4.57 Å². The monoisotopic (exact) mass is 483 g/mol. The van der Waals surface area contributed by atoms with Crippen molar-refractivity contribution >= 4 is 66.1 Å². The van der Waals surface area contributed by atoms with Crippen molar-refractivity contribution in [1.29, 1.82) is 0 Å². The first-order valence-corrected chi connectivity index (χ1v) is 13.9. The average Bonchev–Trinajstić information content (AvgIpc) is 3.59. The highest BCUT2D eigenvalue weighted by molar-refractivity contribution is 6.29. The summed E-state index contributed by atoms with van der Waals surface area (Å²) < 4.78 is 2.50. The SMILES string of the molecule is C=Cc1c(/C=C\C)c2cc3c(cc4ccc5cccc6ccc3c4c56)cc2n1C1C=CCC1.CC.CC. The number of benzene rings is 5. The van der Waals surface area contributed by atoms with E-state index in [1.54, 1.807) is 0 Å². The summed E-state index contributed by atoms with van der Waals surface area (Å²) in [5, 5.41) is 12.0. The molecule has 7 rings (SSSR count). The van der Waals surface area contributed by atoms with Crippen molar-refractivity contribution in [2.45, 2.75) is 53.5 Å². The Labute approximate surface area is 220 Å². The van der Waals surface area contributed by atoms with Gasteiger partial charge in [0.15, 0.2) is 0 Å². The van der Waals surface area contributed by atoms with Gasteiger partial charge in [-0.05, 0) is 87.1 Å². The van der Waals surface area contributed by atoms with Crippen molar-refractivity contribution in [3.63, 3.8) is 0 Å². The third-order valence-electron chi connectivity index (χ3n) is 7.51. The molecule has 1 nitrogen and oxygen atoms in total. The molecule has 0 N–H and O–H groups in total. The maximum absolute atomic E-state index is 4.20. The van der Waals surface area contributed by atoms with Crippen molar-refractivity contribution in [2.75, 3.05) is 0 Å². The van der Waals surface area contributed by atoms with Gasteiger partial charge in [-0.2, -0.15) is 0 Å². The molecule has 37 heavy (non-hydrogen) atoms. The highest BCUT2D eigenvalue weighted by atomic mass is 15.0. The molecule has 0 saturated carbocycles. The Balaban J connectivity index is 0.000000670. The van der Waals surface area contributed by atoms with Crippen LogP contribution in [0.2, 0.25) is 0 Å². The number of allylic oxidation sites excluding steroid dienone is 3. The molecule has 1 atom stereocenters. The van der Waals surface area contributed by atoms with E-state index in [1.807, 2.05) is 33.8 Å². The lowest BCUT2D eigenvalue weighted by atomic mass is 9.90. The van der Waals surface area contributed by atoms with E-state index >= 15 is 0 Å². The topological polar surface area (TPSA) is 4.93 Å². The number of fused-ring (bicyclic) bond motifs is 3. The van der Waals surface area contributed by atoms with Crippen LogP contribution < -0.4 is 0 Å². The van der Waals surface area contributed by atoms with Crippen LogP contribution in [-0.4, -0.2) is 4.57 Å². The summed E-state index contributed by atoms with van der Waals surface area (Å²) in [7, 11) is 0. The summed E-state index contributed by atoms with van der Waals surface area (Å²) in [4.78, 5) is 0. The Hall–Kier alpha value is -3.84. The maximum atomic E-state index is 4.20. The van der Waals surface area contributed by atoms with Crippen LogP contribution in [0.1, 0.15) is 64.8 Å². The predicted octanol–water partition coefficient (Wildman–Crippen LogP) is 11.3. The molecule has 1 aromatic heterocycles. The number of rotatable bonds is 3. The zero-order chi connectivity index (χ0) is 26.1. The fourth-order valence-electron chi connectivity index (χ4n) is 6.13. The minimum absolute atomic E-state index is 0.391. The highest BCUT2D eigenvalue weighted by Crippen LogP contribution is 2.42. The molecule has 1 heteroatoms. The molecule has 186 valence electrons. The first-order chi connectivity index (χ1) is 18.3. The van der Waals surface area contributed by atoms with E-state index in [2.05, 4.69) is 103 Å². The molecule has 5 aromatic carbocycles. The smallest absolute Gasteiger partial charge is 0.0525 e. The van der Waals surface area contributed by atoms with Crippen LogP contribution in [0, 0.1) is 0 Å².